The lowest BCUT2D eigenvalue weighted by atomic mass is 9.89. The van der Waals surface area contributed by atoms with Crippen molar-refractivity contribution in [3.8, 4) is 0 Å². The summed E-state index contributed by atoms with van der Waals surface area (Å²) < 4.78 is 5.14. The minimum atomic E-state index is 0.244. The first-order chi connectivity index (χ1) is 8.34. The van der Waals surface area contributed by atoms with E-state index >= 15 is 0 Å². The molecule has 0 radical (unpaired) electrons. The SMILES string of the molecule is BrC(c1ccoc1)c1ccc2c(c1)CCCC2. The van der Waals surface area contributed by atoms with Crippen molar-refractivity contribution < 1.29 is 4.42 Å². The molecule has 1 aromatic heterocycles. The van der Waals surface area contributed by atoms with Gasteiger partial charge in [-0.3, -0.25) is 0 Å². The van der Waals surface area contributed by atoms with Crippen molar-refractivity contribution in [1.82, 2.24) is 0 Å². The van der Waals surface area contributed by atoms with Gasteiger partial charge in [-0.2, -0.15) is 0 Å². The second kappa shape index (κ2) is 4.69. The van der Waals surface area contributed by atoms with E-state index in [1.807, 2.05) is 6.07 Å². The fourth-order valence-electron chi connectivity index (χ4n) is 2.52. The van der Waals surface area contributed by atoms with Gasteiger partial charge in [-0.15, -0.1) is 0 Å². The first kappa shape index (κ1) is 11.1. The monoisotopic (exact) mass is 290 g/mol. The van der Waals surface area contributed by atoms with Gasteiger partial charge < -0.3 is 4.42 Å². The van der Waals surface area contributed by atoms with Gasteiger partial charge in [0.25, 0.3) is 0 Å². The molecule has 2 aromatic rings. The Kier molecular flexibility index (Phi) is 3.06. The van der Waals surface area contributed by atoms with Crippen LogP contribution in [0.5, 0.6) is 0 Å². The van der Waals surface area contributed by atoms with Crippen molar-refractivity contribution >= 4 is 15.9 Å². The van der Waals surface area contributed by atoms with E-state index < -0.39 is 0 Å². The standard InChI is InChI=1S/C15H15BrO/c16-15(14-7-8-17-10-14)13-6-5-11-3-1-2-4-12(11)9-13/h5-10,15H,1-4H2. The summed E-state index contributed by atoms with van der Waals surface area (Å²) in [6, 6.07) is 8.88. The van der Waals surface area contributed by atoms with Crippen molar-refractivity contribution in [2.75, 3.05) is 0 Å². The number of benzene rings is 1. The molecule has 1 heterocycles. The van der Waals surface area contributed by atoms with E-state index in [0.29, 0.717) is 0 Å². The fourth-order valence-corrected chi connectivity index (χ4v) is 3.07. The third-order valence-electron chi connectivity index (χ3n) is 3.50. The van der Waals surface area contributed by atoms with E-state index in [1.165, 1.54) is 47.9 Å². The molecule has 1 aliphatic carbocycles. The Morgan fingerprint density at radius 2 is 1.82 bits per heavy atom. The Morgan fingerprint density at radius 3 is 2.59 bits per heavy atom. The van der Waals surface area contributed by atoms with E-state index in [4.69, 9.17) is 4.42 Å². The molecule has 0 amide bonds. The second-order valence-corrected chi connectivity index (χ2v) is 5.57. The quantitative estimate of drug-likeness (QED) is 0.734. The van der Waals surface area contributed by atoms with Gasteiger partial charge in [0.05, 0.1) is 17.4 Å². The molecule has 0 bridgehead atoms. The van der Waals surface area contributed by atoms with Crippen LogP contribution in [0.4, 0.5) is 0 Å². The van der Waals surface area contributed by atoms with Gasteiger partial charge in [0, 0.05) is 5.56 Å². The van der Waals surface area contributed by atoms with Crippen LogP contribution >= 0.6 is 15.9 Å². The van der Waals surface area contributed by atoms with Crippen LogP contribution in [0.1, 0.15) is 39.9 Å². The molecular formula is C15H15BrO. The average Bonchev–Trinajstić information content (AvgIpc) is 2.91. The van der Waals surface area contributed by atoms with Crippen LogP contribution in [0.15, 0.2) is 41.2 Å². The molecule has 1 nitrogen and oxygen atoms in total. The zero-order valence-electron chi connectivity index (χ0n) is 9.66. The lowest BCUT2D eigenvalue weighted by Gasteiger charge is -2.18. The molecule has 0 spiro atoms. The predicted octanol–water partition coefficient (Wildman–Crippen LogP) is 4.64. The number of rotatable bonds is 2. The number of alkyl halides is 1. The Hall–Kier alpha value is -1.02. The van der Waals surface area contributed by atoms with Gasteiger partial charge in [-0.25, -0.2) is 0 Å². The van der Waals surface area contributed by atoms with Crippen LogP contribution in [0.2, 0.25) is 0 Å². The molecule has 1 atom stereocenters. The van der Waals surface area contributed by atoms with Gasteiger partial charge in [-0.1, -0.05) is 34.1 Å². The molecule has 0 N–H and O–H groups in total. The summed E-state index contributed by atoms with van der Waals surface area (Å²) in [6.07, 6.45) is 8.67. The van der Waals surface area contributed by atoms with Gasteiger partial charge in [0.15, 0.2) is 0 Å². The summed E-state index contributed by atoms with van der Waals surface area (Å²) in [5.41, 5.74) is 5.57. The topological polar surface area (TPSA) is 13.1 Å². The molecule has 0 saturated heterocycles. The van der Waals surface area contributed by atoms with Crippen LogP contribution in [-0.4, -0.2) is 0 Å². The van der Waals surface area contributed by atoms with Crippen molar-refractivity contribution in [3.63, 3.8) is 0 Å². The van der Waals surface area contributed by atoms with Crippen LogP contribution < -0.4 is 0 Å². The van der Waals surface area contributed by atoms with Crippen molar-refractivity contribution in [2.24, 2.45) is 0 Å². The van der Waals surface area contributed by atoms with Gasteiger partial charge in [0.1, 0.15) is 0 Å². The Labute approximate surface area is 110 Å². The maximum Gasteiger partial charge on any atom is 0.0949 e. The zero-order valence-corrected chi connectivity index (χ0v) is 11.2. The van der Waals surface area contributed by atoms with Crippen LogP contribution in [0.25, 0.3) is 0 Å². The highest BCUT2D eigenvalue weighted by Gasteiger charge is 2.15. The largest absolute Gasteiger partial charge is 0.472 e. The highest BCUT2D eigenvalue weighted by atomic mass is 79.9. The fraction of sp³-hybridized carbons (Fsp3) is 0.333. The zero-order chi connectivity index (χ0) is 11.7. The average molecular weight is 291 g/mol. The maximum atomic E-state index is 5.14. The van der Waals surface area contributed by atoms with Gasteiger partial charge >= 0.3 is 0 Å². The molecular weight excluding hydrogens is 276 g/mol. The molecule has 1 aromatic carbocycles. The number of halogens is 1. The summed E-state index contributed by atoms with van der Waals surface area (Å²) in [6.45, 7) is 0. The van der Waals surface area contributed by atoms with E-state index in [-0.39, 0.29) is 4.83 Å². The highest BCUT2D eigenvalue weighted by Crippen LogP contribution is 2.33. The molecule has 1 unspecified atom stereocenters. The van der Waals surface area contributed by atoms with E-state index in [2.05, 4.69) is 34.1 Å². The molecule has 1 aliphatic rings. The maximum absolute atomic E-state index is 5.14. The lowest BCUT2D eigenvalue weighted by molar-refractivity contribution is 0.564. The summed E-state index contributed by atoms with van der Waals surface area (Å²) in [4.78, 5) is 0.244. The summed E-state index contributed by atoms with van der Waals surface area (Å²) in [5, 5.41) is 0. The van der Waals surface area contributed by atoms with Crippen LogP contribution in [-0.2, 0) is 12.8 Å². The molecule has 2 heteroatoms. The molecule has 3 rings (SSSR count). The Morgan fingerprint density at radius 1 is 1.00 bits per heavy atom. The minimum Gasteiger partial charge on any atom is -0.472 e. The first-order valence-electron chi connectivity index (χ1n) is 6.12. The first-order valence-corrected chi connectivity index (χ1v) is 7.04. The minimum absolute atomic E-state index is 0.244. The van der Waals surface area contributed by atoms with Crippen molar-refractivity contribution in [1.29, 1.82) is 0 Å². The Balaban J connectivity index is 1.93. The van der Waals surface area contributed by atoms with Gasteiger partial charge in [-0.05, 0) is 48.4 Å². The molecule has 0 fully saturated rings. The third kappa shape index (κ3) is 2.19. The summed E-state index contributed by atoms with van der Waals surface area (Å²) >= 11 is 3.74. The van der Waals surface area contributed by atoms with Crippen LogP contribution in [0.3, 0.4) is 0 Å². The number of aryl methyl sites for hydroxylation is 2. The van der Waals surface area contributed by atoms with E-state index in [9.17, 15) is 0 Å². The number of furan rings is 1. The second-order valence-electron chi connectivity index (χ2n) is 4.65. The molecule has 0 saturated carbocycles. The van der Waals surface area contributed by atoms with E-state index in [0.717, 1.165) is 0 Å². The van der Waals surface area contributed by atoms with E-state index in [1.54, 1.807) is 12.5 Å². The summed E-state index contributed by atoms with van der Waals surface area (Å²) in [7, 11) is 0. The predicted molar refractivity (Wildman–Crippen MR) is 72.6 cm³/mol. The lowest BCUT2D eigenvalue weighted by Crippen LogP contribution is -2.04. The number of hydrogen-bond donors (Lipinski definition) is 0. The molecule has 0 aliphatic heterocycles. The smallest absolute Gasteiger partial charge is 0.0949 e. The van der Waals surface area contributed by atoms with Crippen molar-refractivity contribution in [2.45, 2.75) is 30.5 Å². The normalized spacial score (nSPS) is 16.5. The third-order valence-corrected chi connectivity index (χ3v) is 4.56. The van der Waals surface area contributed by atoms with Crippen LogP contribution in [0, 0.1) is 0 Å². The van der Waals surface area contributed by atoms with Crippen molar-refractivity contribution in [3.05, 3.63) is 59.0 Å². The highest BCUT2D eigenvalue weighted by molar-refractivity contribution is 9.09. The summed E-state index contributed by atoms with van der Waals surface area (Å²) in [5.74, 6) is 0. The molecule has 88 valence electrons. The molecule has 17 heavy (non-hydrogen) atoms. The number of hydrogen-bond acceptors (Lipinski definition) is 1. The Bertz CT molecular complexity index is 502. The number of fused-ring (bicyclic) bond motifs is 1. The van der Waals surface area contributed by atoms with Gasteiger partial charge in [0.2, 0.25) is 0 Å².